The van der Waals surface area contributed by atoms with Gasteiger partial charge in [-0.2, -0.15) is 0 Å². The van der Waals surface area contributed by atoms with Crippen LogP contribution in [0.2, 0.25) is 0 Å². The zero-order chi connectivity index (χ0) is 11.1. The first-order valence-corrected chi connectivity index (χ1v) is 6.97. The number of unbranched alkanes of at least 4 members (excludes halogenated alkanes) is 1. The average molecular weight is 211 g/mol. The summed E-state index contributed by atoms with van der Waals surface area (Å²) in [7, 11) is 0. The van der Waals surface area contributed by atoms with E-state index in [-0.39, 0.29) is 0 Å². The molecule has 0 aromatic heterocycles. The number of nitrogens with one attached hydrogen (secondary N) is 1. The molecule has 2 atom stereocenters. The molecule has 0 spiro atoms. The van der Waals surface area contributed by atoms with Gasteiger partial charge in [0.2, 0.25) is 0 Å². The molecule has 1 heteroatoms. The van der Waals surface area contributed by atoms with Crippen LogP contribution in [0.4, 0.5) is 0 Å². The van der Waals surface area contributed by atoms with Gasteiger partial charge in [-0.1, -0.05) is 46.5 Å². The van der Waals surface area contributed by atoms with Crippen LogP contribution in [-0.2, 0) is 0 Å². The predicted octanol–water partition coefficient (Wildman–Crippen LogP) is 3.98. The Kier molecular flexibility index (Phi) is 6.31. The minimum absolute atomic E-state index is 0.842. The first-order chi connectivity index (χ1) is 7.24. The van der Waals surface area contributed by atoms with Crippen LogP contribution in [0, 0.1) is 11.8 Å². The number of hydrogen-bond acceptors (Lipinski definition) is 1. The molecule has 0 aromatic carbocycles. The summed E-state index contributed by atoms with van der Waals surface area (Å²) < 4.78 is 0. The molecule has 1 aliphatic carbocycles. The van der Waals surface area contributed by atoms with Crippen molar-refractivity contribution < 1.29 is 0 Å². The fraction of sp³-hybridized carbons (Fsp3) is 1.00. The highest BCUT2D eigenvalue weighted by molar-refractivity contribution is 4.81. The second kappa shape index (κ2) is 7.27. The lowest BCUT2D eigenvalue weighted by Gasteiger charge is -2.19. The summed E-state index contributed by atoms with van der Waals surface area (Å²) in [5.74, 6) is 1.84. The zero-order valence-corrected chi connectivity index (χ0v) is 10.9. The van der Waals surface area contributed by atoms with E-state index in [1.54, 1.807) is 0 Å². The maximum atomic E-state index is 3.76. The lowest BCUT2D eigenvalue weighted by molar-refractivity contribution is 0.383. The summed E-state index contributed by atoms with van der Waals surface area (Å²) in [6.45, 7) is 8.21. The lowest BCUT2D eigenvalue weighted by atomic mass is 10.0. The van der Waals surface area contributed by atoms with Crippen molar-refractivity contribution in [2.45, 2.75) is 71.8 Å². The van der Waals surface area contributed by atoms with Gasteiger partial charge in [-0.3, -0.25) is 0 Å². The molecule has 1 aliphatic rings. The van der Waals surface area contributed by atoms with E-state index in [0.29, 0.717) is 0 Å². The first-order valence-electron chi connectivity index (χ1n) is 6.97. The molecule has 1 fully saturated rings. The van der Waals surface area contributed by atoms with Crippen LogP contribution in [0.1, 0.15) is 65.7 Å². The average Bonchev–Trinajstić information content (AvgIpc) is 2.64. The van der Waals surface area contributed by atoms with Crippen molar-refractivity contribution >= 4 is 0 Å². The van der Waals surface area contributed by atoms with Crippen molar-refractivity contribution in [2.24, 2.45) is 11.8 Å². The molecule has 15 heavy (non-hydrogen) atoms. The number of hydrogen-bond donors (Lipinski definition) is 1. The summed E-state index contributed by atoms with van der Waals surface area (Å²) in [5.41, 5.74) is 0. The molecular formula is C14H29N. The van der Waals surface area contributed by atoms with Crippen molar-refractivity contribution in [3.8, 4) is 0 Å². The summed E-state index contributed by atoms with van der Waals surface area (Å²) in [5, 5.41) is 3.76. The minimum Gasteiger partial charge on any atom is -0.314 e. The van der Waals surface area contributed by atoms with Crippen LogP contribution in [0.25, 0.3) is 0 Å². The SMILES string of the molecule is CCC1CCCC1NCCCCC(C)C. The smallest absolute Gasteiger partial charge is 0.00952 e. The van der Waals surface area contributed by atoms with Crippen LogP contribution in [0.5, 0.6) is 0 Å². The van der Waals surface area contributed by atoms with E-state index < -0.39 is 0 Å². The van der Waals surface area contributed by atoms with E-state index in [1.165, 1.54) is 51.5 Å². The quantitative estimate of drug-likeness (QED) is 0.628. The van der Waals surface area contributed by atoms with Gasteiger partial charge in [0.1, 0.15) is 0 Å². The van der Waals surface area contributed by atoms with Gasteiger partial charge in [-0.15, -0.1) is 0 Å². The molecule has 1 N–H and O–H groups in total. The van der Waals surface area contributed by atoms with E-state index in [2.05, 4.69) is 26.1 Å². The molecule has 0 saturated heterocycles. The largest absolute Gasteiger partial charge is 0.314 e. The van der Waals surface area contributed by atoms with E-state index in [1.807, 2.05) is 0 Å². The highest BCUT2D eigenvalue weighted by Gasteiger charge is 2.24. The van der Waals surface area contributed by atoms with Crippen molar-refractivity contribution in [3.63, 3.8) is 0 Å². The molecular weight excluding hydrogens is 182 g/mol. The highest BCUT2D eigenvalue weighted by Crippen LogP contribution is 2.27. The van der Waals surface area contributed by atoms with E-state index in [0.717, 1.165) is 17.9 Å². The number of rotatable bonds is 7. The van der Waals surface area contributed by atoms with Gasteiger partial charge in [-0.05, 0) is 37.6 Å². The molecule has 1 nitrogen and oxygen atoms in total. The van der Waals surface area contributed by atoms with Crippen LogP contribution in [0.15, 0.2) is 0 Å². The van der Waals surface area contributed by atoms with Gasteiger partial charge < -0.3 is 5.32 Å². The summed E-state index contributed by atoms with van der Waals surface area (Å²) in [6, 6.07) is 0.842. The molecule has 0 aromatic rings. The second-order valence-electron chi connectivity index (χ2n) is 5.55. The second-order valence-corrected chi connectivity index (χ2v) is 5.55. The minimum atomic E-state index is 0.842. The highest BCUT2D eigenvalue weighted by atomic mass is 14.9. The van der Waals surface area contributed by atoms with Crippen LogP contribution >= 0.6 is 0 Å². The van der Waals surface area contributed by atoms with Gasteiger partial charge in [0, 0.05) is 6.04 Å². The zero-order valence-electron chi connectivity index (χ0n) is 10.9. The Bertz CT molecular complexity index is 153. The summed E-state index contributed by atoms with van der Waals surface area (Å²) in [4.78, 5) is 0. The molecule has 0 bridgehead atoms. The Hall–Kier alpha value is -0.0400. The fourth-order valence-corrected chi connectivity index (χ4v) is 2.76. The monoisotopic (exact) mass is 211 g/mol. The van der Waals surface area contributed by atoms with Crippen molar-refractivity contribution in [2.75, 3.05) is 6.54 Å². The Morgan fingerprint density at radius 2 is 2.00 bits per heavy atom. The Balaban J connectivity index is 1.99. The normalized spacial score (nSPS) is 26.4. The molecule has 0 radical (unpaired) electrons. The molecule has 0 heterocycles. The molecule has 1 saturated carbocycles. The van der Waals surface area contributed by atoms with Gasteiger partial charge in [-0.25, -0.2) is 0 Å². The van der Waals surface area contributed by atoms with E-state index in [4.69, 9.17) is 0 Å². The van der Waals surface area contributed by atoms with Crippen LogP contribution in [-0.4, -0.2) is 12.6 Å². The third kappa shape index (κ3) is 5.01. The summed E-state index contributed by atoms with van der Waals surface area (Å²) >= 11 is 0. The summed E-state index contributed by atoms with van der Waals surface area (Å²) in [6.07, 6.45) is 9.84. The lowest BCUT2D eigenvalue weighted by Crippen LogP contribution is -2.32. The fourth-order valence-electron chi connectivity index (χ4n) is 2.76. The van der Waals surface area contributed by atoms with Crippen molar-refractivity contribution in [1.29, 1.82) is 0 Å². The standard InChI is InChI=1S/C14H29N/c1-4-13-9-7-10-14(13)15-11-6-5-8-12(2)3/h12-15H,4-11H2,1-3H3. The van der Waals surface area contributed by atoms with Crippen LogP contribution in [0.3, 0.4) is 0 Å². The molecule has 2 unspecified atom stereocenters. The van der Waals surface area contributed by atoms with Gasteiger partial charge in [0.15, 0.2) is 0 Å². The predicted molar refractivity (Wildman–Crippen MR) is 68.1 cm³/mol. The Labute approximate surface area is 96.0 Å². The maximum absolute atomic E-state index is 3.76. The van der Waals surface area contributed by atoms with E-state index in [9.17, 15) is 0 Å². The maximum Gasteiger partial charge on any atom is 0.00952 e. The molecule has 0 amide bonds. The topological polar surface area (TPSA) is 12.0 Å². The Morgan fingerprint density at radius 3 is 2.67 bits per heavy atom. The third-order valence-electron chi connectivity index (χ3n) is 3.80. The van der Waals surface area contributed by atoms with E-state index >= 15 is 0 Å². The first kappa shape index (κ1) is 13.0. The van der Waals surface area contributed by atoms with Gasteiger partial charge in [0.05, 0.1) is 0 Å². The van der Waals surface area contributed by atoms with Crippen molar-refractivity contribution in [1.82, 2.24) is 5.32 Å². The molecule has 0 aliphatic heterocycles. The van der Waals surface area contributed by atoms with Gasteiger partial charge >= 0.3 is 0 Å². The molecule has 1 rings (SSSR count). The van der Waals surface area contributed by atoms with Crippen molar-refractivity contribution in [3.05, 3.63) is 0 Å². The van der Waals surface area contributed by atoms with Crippen LogP contribution < -0.4 is 5.32 Å². The molecule has 90 valence electrons. The Morgan fingerprint density at radius 1 is 1.20 bits per heavy atom. The van der Waals surface area contributed by atoms with Gasteiger partial charge in [0.25, 0.3) is 0 Å². The third-order valence-corrected chi connectivity index (χ3v) is 3.80.